The standard InChI is InChI=1S/C14H15Cl3N4OS2/c1-3-4-18-13-20-21-14(24-13)23-7(2)12(22)19-11-6-9(16)8(15)5-10(11)17/h5-7H,3-4H2,1-2H3,(H,18,20)(H,19,22). The van der Waals surface area contributed by atoms with E-state index in [-0.39, 0.29) is 11.2 Å². The fourth-order valence-corrected chi connectivity index (χ4v) is 4.13. The van der Waals surface area contributed by atoms with E-state index < -0.39 is 0 Å². The van der Waals surface area contributed by atoms with Gasteiger partial charge in [0, 0.05) is 6.54 Å². The maximum Gasteiger partial charge on any atom is 0.237 e. The fourth-order valence-electron chi connectivity index (χ4n) is 1.62. The molecular formula is C14H15Cl3N4OS2. The molecule has 130 valence electrons. The van der Waals surface area contributed by atoms with E-state index in [1.807, 2.05) is 0 Å². The van der Waals surface area contributed by atoms with Crippen LogP contribution in [-0.2, 0) is 4.79 Å². The first-order chi connectivity index (χ1) is 11.4. The van der Waals surface area contributed by atoms with Gasteiger partial charge in [0.05, 0.1) is 26.0 Å². The third-order valence-corrected chi connectivity index (χ3v) is 5.95. The van der Waals surface area contributed by atoms with Crippen LogP contribution in [0.25, 0.3) is 0 Å². The van der Waals surface area contributed by atoms with Gasteiger partial charge in [0.2, 0.25) is 11.0 Å². The van der Waals surface area contributed by atoms with Crippen LogP contribution in [0.5, 0.6) is 0 Å². The van der Waals surface area contributed by atoms with Crippen LogP contribution in [0.1, 0.15) is 20.3 Å². The highest BCUT2D eigenvalue weighted by Gasteiger charge is 2.19. The van der Waals surface area contributed by atoms with Crippen LogP contribution < -0.4 is 10.6 Å². The number of aromatic nitrogens is 2. The summed E-state index contributed by atoms with van der Waals surface area (Å²) in [6, 6.07) is 3.02. The molecule has 0 bridgehead atoms. The van der Waals surface area contributed by atoms with Crippen LogP contribution in [0.3, 0.4) is 0 Å². The predicted octanol–water partition coefficient (Wildman–Crippen LogP) is 5.44. The number of carbonyl (C=O) groups is 1. The molecule has 5 nitrogen and oxygen atoms in total. The molecule has 1 unspecified atom stereocenters. The van der Waals surface area contributed by atoms with E-state index in [1.54, 1.807) is 6.92 Å². The minimum absolute atomic E-state index is 0.210. The largest absolute Gasteiger partial charge is 0.360 e. The van der Waals surface area contributed by atoms with Crippen molar-refractivity contribution in [1.29, 1.82) is 0 Å². The Morgan fingerprint density at radius 3 is 2.67 bits per heavy atom. The van der Waals surface area contributed by atoms with Gasteiger partial charge in [-0.3, -0.25) is 4.79 Å². The van der Waals surface area contributed by atoms with Gasteiger partial charge in [0.25, 0.3) is 0 Å². The van der Waals surface area contributed by atoms with E-state index >= 15 is 0 Å². The number of anilines is 2. The molecule has 0 radical (unpaired) electrons. The molecule has 0 spiro atoms. The number of carbonyl (C=O) groups excluding carboxylic acids is 1. The third kappa shape index (κ3) is 5.39. The monoisotopic (exact) mass is 424 g/mol. The van der Waals surface area contributed by atoms with Crippen LogP contribution in [0.4, 0.5) is 10.8 Å². The lowest BCUT2D eigenvalue weighted by Crippen LogP contribution is -2.22. The molecule has 0 fully saturated rings. The van der Waals surface area contributed by atoms with Crippen LogP contribution in [0, 0.1) is 0 Å². The molecule has 24 heavy (non-hydrogen) atoms. The van der Waals surface area contributed by atoms with Crippen molar-refractivity contribution in [3.05, 3.63) is 27.2 Å². The minimum atomic E-state index is -0.373. The molecule has 1 atom stereocenters. The molecule has 0 aliphatic carbocycles. The van der Waals surface area contributed by atoms with Crippen LogP contribution >= 0.6 is 57.9 Å². The summed E-state index contributed by atoms with van der Waals surface area (Å²) in [6.45, 7) is 4.70. The highest BCUT2D eigenvalue weighted by Crippen LogP contribution is 2.33. The van der Waals surface area contributed by atoms with Gasteiger partial charge in [0.15, 0.2) is 4.34 Å². The number of rotatable bonds is 7. The zero-order chi connectivity index (χ0) is 17.7. The number of nitrogens with one attached hydrogen (secondary N) is 2. The summed E-state index contributed by atoms with van der Waals surface area (Å²) in [5.41, 5.74) is 0.422. The Bertz CT molecular complexity index is 726. The zero-order valence-corrected chi connectivity index (χ0v) is 16.8. The van der Waals surface area contributed by atoms with Gasteiger partial charge in [-0.25, -0.2) is 0 Å². The van der Waals surface area contributed by atoms with Crippen LogP contribution in [-0.4, -0.2) is 27.9 Å². The number of benzene rings is 1. The summed E-state index contributed by atoms with van der Waals surface area (Å²) >= 11 is 20.6. The molecule has 0 saturated carbocycles. The van der Waals surface area contributed by atoms with Crippen LogP contribution in [0.2, 0.25) is 15.1 Å². The van der Waals surface area contributed by atoms with E-state index in [9.17, 15) is 4.79 Å². The smallest absolute Gasteiger partial charge is 0.237 e. The average Bonchev–Trinajstić information content (AvgIpc) is 2.97. The molecule has 2 N–H and O–H groups in total. The minimum Gasteiger partial charge on any atom is -0.360 e. The summed E-state index contributed by atoms with van der Waals surface area (Å²) in [7, 11) is 0. The first-order valence-corrected chi connectivity index (χ1v) is 9.93. The molecule has 0 aliphatic heterocycles. The first kappa shape index (κ1) is 19.6. The number of hydrogen-bond acceptors (Lipinski definition) is 6. The molecule has 1 aromatic carbocycles. The van der Waals surface area contributed by atoms with Gasteiger partial charge in [-0.1, -0.05) is 64.8 Å². The summed E-state index contributed by atoms with van der Waals surface area (Å²) in [4.78, 5) is 12.3. The normalized spacial score (nSPS) is 12.0. The van der Waals surface area contributed by atoms with Gasteiger partial charge in [-0.15, -0.1) is 10.2 Å². The molecule has 1 aromatic heterocycles. The Balaban J connectivity index is 1.97. The van der Waals surface area contributed by atoms with Crippen molar-refractivity contribution in [1.82, 2.24) is 10.2 Å². The predicted molar refractivity (Wildman–Crippen MR) is 104 cm³/mol. The maximum absolute atomic E-state index is 12.3. The SMILES string of the molecule is CCCNc1nnc(SC(C)C(=O)Nc2cc(Cl)c(Cl)cc2Cl)s1. The molecule has 10 heteroatoms. The second kappa shape index (κ2) is 9.10. The van der Waals surface area contributed by atoms with Crippen LogP contribution in [0.15, 0.2) is 16.5 Å². The Hall–Kier alpha value is -0.730. The first-order valence-electron chi connectivity index (χ1n) is 7.10. The molecule has 2 rings (SSSR count). The summed E-state index contributed by atoms with van der Waals surface area (Å²) in [5.74, 6) is -0.210. The van der Waals surface area contributed by atoms with E-state index in [4.69, 9.17) is 34.8 Å². The van der Waals surface area contributed by atoms with Crippen molar-refractivity contribution in [3.63, 3.8) is 0 Å². The molecule has 1 amide bonds. The summed E-state index contributed by atoms with van der Waals surface area (Å²) < 4.78 is 0.719. The molecule has 2 aromatic rings. The number of nitrogens with zero attached hydrogens (tertiary/aromatic N) is 2. The average molecular weight is 426 g/mol. The number of halogens is 3. The third-order valence-electron chi connectivity index (χ3n) is 2.85. The highest BCUT2D eigenvalue weighted by atomic mass is 35.5. The van der Waals surface area contributed by atoms with E-state index in [2.05, 4.69) is 27.8 Å². The summed E-state index contributed by atoms with van der Waals surface area (Å²) in [6.07, 6.45) is 1.01. The van der Waals surface area contributed by atoms with E-state index in [1.165, 1.54) is 35.2 Å². The zero-order valence-electron chi connectivity index (χ0n) is 12.9. The number of amides is 1. The second-order valence-corrected chi connectivity index (χ2v) is 8.58. The summed E-state index contributed by atoms with van der Waals surface area (Å²) in [5, 5.41) is 15.4. The maximum atomic E-state index is 12.3. The van der Waals surface area contributed by atoms with Gasteiger partial charge in [-0.05, 0) is 25.5 Å². The van der Waals surface area contributed by atoms with Crippen molar-refractivity contribution in [2.75, 3.05) is 17.2 Å². The van der Waals surface area contributed by atoms with Crippen molar-refractivity contribution < 1.29 is 4.79 Å². The molecule has 0 saturated heterocycles. The van der Waals surface area contributed by atoms with E-state index in [0.29, 0.717) is 20.8 Å². The van der Waals surface area contributed by atoms with Crippen molar-refractivity contribution in [2.24, 2.45) is 0 Å². The lowest BCUT2D eigenvalue weighted by molar-refractivity contribution is -0.115. The van der Waals surface area contributed by atoms with Crippen molar-refractivity contribution >= 4 is 74.6 Å². The number of hydrogen-bond donors (Lipinski definition) is 2. The molecular weight excluding hydrogens is 411 g/mol. The lowest BCUT2D eigenvalue weighted by Gasteiger charge is -2.12. The lowest BCUT2D eigenvalue weighted by atomic mass is 10.3. The topological polar surface area (TPSA) is 66.9 Å². The Morgan fingerprint density at radius 2 is 1.96 bits per heavy atom. The van der Waals surface area contributed by atoms with E-state index in [0.717, 1.165) is 22.4 Å². The molecule has 0 aliphatic rings. The quantitative estimate of drug-likeness (QED) is 0.457. The Kier molecular flexibility index (Phi) is 7.43. The van der Waals surface area contributed by atoms with Gasteiger partial charge < -0.3 is 10.6 Å². The highest BCUT2D eigenvalue weighted by molar-refractivity contribution is 8.02. The molecule has 1 heterocycles. The van der Waals surface area contributed by atoms with Crippen molar-refractivity contribution in [2.45, 2.75) is 29.9 Å². The van der Waals surface area contributed by atoms with Gasteiger partial charge in [-0.2, -0.15) is 0 Å². The second-order valence-electron chi connectivity index (χ2n) is 4.80. The Labute approximate surface area is 163 Å². The van der Waals surface area contributed by atoms with Gasteiger partial charge in [0.1, 0.15) is 0 Å². The van der Waals surface area contributed by atoms with Crippen molar-refractivity contribution in [3.8, 4) is 0 Å². The fraction of sp³-hybridized carbons (Fsp3) is 0.357. The number of thioether (sulfide) groups is 1. The van der Waals surface area contributed by atoms with Gasteiger partial charge >= 0.3 is 0 Å². The Morgan fingerprint density at radius 1 is 1.25 bits per heavy atom.